The highest BCUT2D eigenvalue weighted by atomic mass is 35.5. The maximum Gasteiger partial charge on any atom is 0.331 e. The standard InChI is InChI=1S/C23H26ClNO7/c1-28-18-7-5-15(12-19(18)29-2)9-10-25-21(26)14-32-22(27)8-6-16-11-17(24)23(31-4)20(13-16)30-3/h5-8,11-13H,9-10,14H2,1-4H3,(H,25,26)/b8-6+. The highest BCUT2D eigenvalue weighted by molar-refractivity contribution is 6.32. The van der Waals surface area contributed by atoms with Gasteiger partial charge in [0, 0.05) is 12.6 Å². The molecule has 0 aromatic heterocycles. The summed E-state index contributed by atoms with van der Waals surface area (Å²) in [5.74, 6) is 1.02. The van der Waals surface area contributed by atoms with Gasteiger partial charge in [0.2, 0.25) is 0 Å². The fourth-order valence-electron chi connectivity index (χ4n) is 2.82. The van der Waals surface area contributed by atoms with Crippen LogP contribution in [-0.2, 0) is 20.7 Å². The van der Waals surface area contributed by atoms with E-state index in [1.54, 1.807) is 32.4 Å². The van der Waals surface area contributed by atoms with E-state index in [-0.39, 0.29) is 6.61 Å². The van der Waals surface area contributed by atoms with Crippen molar-refractivity contribution >= 4 is 29.6 Å². The summed E-state index contributed by atoms with van der Waals surface area (Å²) in [7, 11) is 6.10. The van der Waals surface area contributed by atoms with Crippen LogP contribution in [0.15, 0.2) is 36.4 Å². The van der Waals surface area contributed by atoms with Crippen molar-refractivity contribution in [3.05, 3.63) is 52.6 Å². The van der Waals surface area contributed by atoms with Gasteiger partial charge in [-0.2, -0.15) is 0 Å². The number of ether oxygens (including phenoxy) is 5. The molecule has 1 N–H and O–H groups in total. The van der Waals surface area contributed by atoms with Crippen molar-refractivity contribution in [2.45, 2.75) is 6.42 Å². The lowest BCUT2D eigenvalue weighted by molar-refractivity contribution is -0.143. The van der Waals surface area contributed by atoms with E-state index in [0.717, 1.165) is 5.56 Å². The smallest absolute Gasteiger partial charge is 0.331 e. The van der Waals surface area contributed by atoms with Gasteiger partial charge < -0.3 is 29.0 Å². The van der Waals surface area contributed by atoms with Crippen molar-refractivity contribution in [2.24, 2.45) is 0 Å². The third-order valence-electron chi connectivity index (χ3n) is 4.40. The molecule has 8 nitrogen and oxygen atoms in total. The fraction of sp³-hybridized carbons (Fsp3) is 0.304. The molecule has 0 aliphatic carbocycles. The van der Waals surface area contributed by atoms with Crippen LogP contribution in [0.1, 0.15) is 11.1 Å². The average Bonchev–Trinajstić information content (AvgIpc) is 2.80. The Morgan fingerprint density at radius 2 is 1.66 bits per heavy atom. The third-order valence-corrected chi connectivity index (χ3v) is 4.68. The molecule has 0 aliphatic heterocycles. The predicted octanol–water partition coefficient (Wildman–Crippen LogP) is 3.29. The molecule has 1 amide bonds. The molecule has 2 aromatic carbocycles. The molecule has 0 heterocycles. The van der Waals surface area contributed by atoms with Gasteiger partial charge in [-0.15, -0.1) is 0 Å². The molecule has 0 saturated carbocycles. The SMILES string of the molecule is COc1ccc(CCNC(=O)COC(=O)/C=C/c2cc(Cl)c(OC)c(OC)c2)cc1OC. The third kappa shape index (κ3) is 7.09. The first-order valence-corrected chi connectivity index (χ1v) is 10.0. The number of rotatable bonds is 11. The first-order valence-electron chi connectivity index (χ1n) is 9.65. The van der Waals surface area contributed by atoms with Gasteiger partial charge >= 0.3 is 5.97 Å². The zero-order chi connectivity index (χ0) is 23.5. The maximum atomic E-state index is 11.9. The first kappa shape index (κ1) is 24.9. The molecule has 2 rings (SSSR count). The summed E-state index contributed by atoms with van der Waals surface area (Å²) in [4.78, 5) is 23.8. The van der Waals surface area contributed by atoms with E-state index >= 15 is 0 Å². The molecule has 2 aromatic rings. The van der Waals surface area contributed by atoms with E-state index in [0.29, 0.717) is 46.5 Å². The Balaban J connectivity index is 1.79. The van der Waals surface area contributed by atoms with Crippen molar-refractivity contribution in [3.8, 4) is 23.0 Å². The van der Waals surface area contributed by atoms with Gasteiger partial charge in [0.25, 0.3) is 5.91 Å². The van der Waals surface area contributed by atoms with Crippen LogP contribution in [0.2, 0.25) is 5.02 Å². The fourth-order valence-corrected chi connectivity index (χ4v) is 3.11. The topological polar surface area (TPSA) is 92.3 Å². The molecule has 172 valence electrons. The molecule has 0 bridgehead atoms. The Bertz CT molecular complexity index is 975. The minimum absolute atomic E-state index is 0.341. The lowest BCUT2D eigenvalue weighted by Crippen LogP contribution is -2.30. The van der Waals surface area contributed by atoms with Gasteiger partial charge in [0.1, 0.15) is 0 Å². The number of carbonyl (C=O) groups is 2. The summed E-state index contributed by atoms with van der Waals surface area (Å²) in [5, 5.41) is 3.04. The first-order chi connectivity index (χ1) is 15.4. The minimum Gasteiger partial charge on any atom is -0.493 e. The second-order valence-corrected chi connectivity index (χ2v) is 6.88. The van der Waals surface area contributed by atoms with Crippen LogP contribution < -0.4 is 24.3 Å². The lowest BCUT2D eigenvalue weighted by atomic mass is 10.1. The zero-order valence-corrected chi connectivity index (χ0v) is 19.2. The molecule has 0 spiro atoms. The molecule has 0 fully saturated rings. The Labute approximate surface area is 192 Å². The number of hydrogen-bond acceptors (Lipinski definition) is 7. The molecule has 0 atom stereocenters. The Morgan fingerprint density at radius 1 is 0.938 bits per heavy atom. The number of amides is 1. The number of esters is 1. The Morgan fingerprint density at radius 3 is 2.31 bits per heavy atom. The molecular weight excluding hydrogens is 438 g/mol. The largest absolute Gasteiger partial charge is 0.493 e. The van der Waals surface area contributed by atoms with E-state index in [9.17, 15) is 9.59 Å². The molecule has 0 aliphatic rings. The summed E-state index contributed by atoms with van der Waals surface area (Å²) in [6.07, 6.45) is 3.29. The molecule has 0 radical (unpaired) electrons. The summed E-state index contributed by atoms with van der Waals surface area (Å²) < 4.78 is 25.8. The molecule has 0 saturated heterocycles. The van der Waals surface area contributed by atoms with E-state index in [2.05, 4.69) is 5.32 Å². The van der Waals surface area contributed by atoms with Gasteiger partial charge in [-0.05, 0) is 47.9 Å². The van der Waals surface area contributed by atoms with Crippen LogP contribution in [0.25, 0.3) is 6.08 Å². The number of benzene rings is 2. The van der Waals surface area contributed by atoms with Crippen molar-refractivity contribution < 1.29 is 33.3 Å². The lowest BCUT2D eigenvalue weighted by Gasteiger charge is -2.10. The summed E-state index contributed by atoms with van der Waals surface area (Å²) in [5.41, 5.74) is 1.58. The monoisotopic (exact) mass is 463 g/mol. The number of hydrogen-bond donors (Lipinski definition) is 1. The van der Waals surface area contributed by atoms with Gasteiger partial charge in [0.15, 0.2) is 29.6 Å². The molecule has 9 heteroatoms. The van der Waals surface area contributed by atoms with Crippen molar-refractivity contribution in [1.82, 2.24) is 5.32 Å². The minimum atomic E-state index is -0.661. The van der Waals surface area contributed by atoms with Crippen LogP contribution in [0.5, 0.6) is 23.0 Å². The van der Waals surface area contributed by atoms with E-state index in [1.165, 1.54) is 26.4 Å². The number of methoxy groups -OCH3 is 4. The zero-order valence-electron chi connectivity index (χ0n) is 18.4. The van der Waals surface area contributed by atoms with Gasteiger partial charge in [0.05, 0.1) is 33.5 Å². The maximum absolute atomic E-state index is 11.9. The molecule has 32 heavy (non-hydrogen) atoms. The second kappa shape index (κ2) is 12.5. The highest BCUT2D eigenvalue weighted by Gasteiger charge is 2.11. The van der Waals surface area contributed by atoms with Crippen LogP contribution in [0, 0.1) is 0 Å². The molecule has 0 unspecified atom stereocenters. The van der Waals surface area contributed by atoms with Crippen molar-refractivity contribution in [2.75, 3.05) is 41.6 Å². The summed E-state index contributed by atoms with van der Waals surface area (Å²) in [6, 6.07) is 8.81. The van der Waals surface area contributed by atoms with Crippen LogP contribution in [0.4, 0.5) is 0 Å². The van der Waals surface area contributed by atoms with Crippen molar-refractivity contribution in [1.29, 1.82) is 0 Å². The van der Waals surface area contributed by atoms with Gasteiger partial charge in [-0.25, -0.2) is 4.79 Å². The average molecular weight is 464 g/mol. The molecular formula is C23H26ClNO7. The van der Waals surface area contributed by atoms with Gasteiger partial charge in [-0.3, -0.25) is 4.79 Å². The van der Waals surface area contributed by atoms with Crippen LogP contribution in [-0.4, -0.2) is 53.5 Å². The van der Waals surface area contributed by atoms with E-state index in [1.807, 2.05) is 12.1 Å². The number of carbonyl (C=O) groups excluding carboxylic acids is 2. The number of nitrogens with one attached hydrogen (secondary N) is 1. The summed E-state index contributed by atoms with van der Waals surface area (Å²) >= 11 is 6.14. The Kier molecular flexibility index (Phi) is 9.69. The van der Waals surface area contributed by atoms with Crippen molar-refractivity contribution in [3.63, 3.8) is 0 Å². The summed E-state index contributed by atoms with van der Waals surface area (Å²) in [6.45, 7) is -0.00630. The second-order valence-electron chi connectivity index (χ2n) is 6.47. The van der Waals surface area contributed by atoms with Crippen LogP contribution >= 0.6 is 11.6 Å². The van der Waals surface area contributed by atoms with E-state index < -0.39 is 11.9 Å². The normalized spacial score (nSPS) is 10.5. The quantitative estimate of drug-likeness (QED) is 0.403. The highest BCUT2D eigenvalue weighted by Crippen LogP contribution is 2.36. The Hall–Kier alpha value is -3.39. The number of halogens is 1. The van der Waals surface area contributed by atoms with Gasteiger partial charge in [-0.1, -0.05) is 17.7 Å². The van der Waals surface area contributed by atoms with Crippen LogP contribution in [0.3, 0.4) is 0 Å². The van der Waals surface area contributed by atoms with E-state index in [4.69, 9.17) is 35.3 Å². The predicted molar refractivity (Wildman–Crippen MR) is 121 cm³/mol.